The van der Waals surface area contributed by atoms with Gasteiger partial charge in [0.05, 0.1) is 12.0 Å². The number of carbonyl (C=O) groups excluding carboxylic acids is 1. The summed E-state index contributed by atoms with van der Waals surface area (Å²) in [6.07, 6.45) is 1.84. The lowest BCUT2D eigenvalue weighted by Crippen LogP contribution is -2.27. The Morgan fingerprint density at radius 1 is 1.53 bits per heavy atom. The Labute approximate surface area is 99.3 Å². The zero-order chi connectivity index (χ0) is 12.3. The third-order valence-electron chi connectivity index (χ3n) is 2.61. The van der Waals surface area contributed by atoms with Crippen molar-refractivity contribution in [3.8, 4) is 6.07 Å². The van der Waals surface area contributed by atoms with Crippen molar-refractivity contribution in [2.45, 2.75) is 6.92 Å². The number of nitrogens with zero attached hydrogens (tertiary/aromatic N) is 1. The first kappa shape index (κ1) is 11.2. The number of nitriles is 1. The number of nitrogens with one attached hydrogen (secondary N) is 2. The highest BCUT2D eigenvalue weighted by atomic mass is 16.1. The monoisotopic (exact) mass is 227 g/mol. The van der Waals surface area contributed by atoms with Gasteiger partial charge >= 0.3 is 0 Å². The molecule has 1 aromatic carbocycles. The van der Waals surface area contributed by atoms with Crippen LogP contribution < -0.4 is 5.32 Å². The Hall–Kier alpha value is -2.28. The van der Waals surface area contributed by atoms with Crippen LogP contribution in [0.4, 0.5) is 0 Å². The van der Waals surface area contributed by atoms with Gasteiger partial charge in [0.2, 0.25) is 0 Å². The molecule has 86 valence electrons. The number of carbonyl (C=O) groups is 1. The van der Waals surface area contributed by atoms with Crippen LogP contribution in [0.15, 0.2) is 30.5 Å². The molecule has 0 bridgehead atoms. The topological polar surface area (TPSA) is 68.7 Å². The van der Waals surface area contributed by atoms with E-state index < -0.39 is 0 Å². The number of rotatable bonds is 3. The second kappa shape index (κ2) is 4.71. The fourth-order valence-corrected chi connectivity index (χ4v) is 1.58. The highest BCUT2D eigenvalue weighted by molar-refractivity contribution is 5.97. The van der Waals surface area contributed by atoms with Crippen LogP contribution in [0.3, 0.4) is 0 Å². The van der Waals surface area contributed by atoms with Crippen molar-refractivity contribution in [3.63, 3.8) is 0 Å². The number of benzene rings is 1. The highest BCUT2D eigenvalue weighted by Gasteiger charge is 2.08. The minimum atomic E-state index is -0.173. The van der Waals surface area contributed by atoms with Gasteiger partial charge in [-0.3, -0.25) is 4.79 Å². The largest absolute Gasteiger partial charge is 0.361 e. The van der Waals surface area contributed by atoms with Gasteiger partial charge in [-0.1, -0.05) is 6.07 Å². The van der Waals surface area contributed by atoms with Crippen molar-refractivity contribution < 1.29 is 4.79 Å². The number of hydrogen-bond acceptors (Lipinski definition) is 2. The Bertz CT molecular complexity index is 580. The fraction of sp³-hybridized carbons (Fsp3) is 0.231. The van der Waals surface area contributed by atoms with Crippen molar-refractivity contribution in [1.82, 2.24) is 10.3 Å². The molecule has 1 heterocycles. The summed E-state index contributed by atoms with van der Waals surface area (Å²) in [6, 6.07) is 9.51. The van der Waals surface area contributed by atoms with Gasteiger partial charge in [-0.2, -0.15) is 5.26 Å². The molecule has 4 heteroatoms. The molecule has 0 radical (unpaired) electrons. The molecule has 17 heavy (non-hydrogen) atoms. The molecule has 4 nitrogen and oxygen atoms in total. The maximum atomic E-state index is 11.8. The molecule has 0 aliphatic heterocycles. The normalized spacial score (nSPS) is 12.0. The molecule has 0 saturated heterocycles. The molecule has 1 unspecified atom stereocenters. The average molecular weight is 227 g/mol. The molecule has 1 aromatic heterocycles. The fourth-order valence-electron chi connectivity index (χ4n) is 1.58. The molecule has 2 N–H and O–H groups in total. The molecule has 1 amide bonds. The Balaban J connectivity index is 2.11. The number of aromatic nitrogens is 1. The number of aromatic amines is 1. The van der Waals surface area contributed by atoms with Crippen molar-refractivity contribution in [2.75, 3.05) is 6.54 Å². The van der Waals surface area contributed by atoms with Gasteiger partial charge < -0.3 is 10.3 Å². The maximum Gasteiger partial charge on any atom is 0.251 e. The van der Waals surface area contributed by atoms with Gasteiger partial charge in [0.15, 0.2) is 0 Å². The van der Waals surface area contributed by atoms with Crippen molar-refractivity contribution in [1.29, 1.82) is 5.26 Å². The van der Waals surface area contributed by atoms with E-state index in [1.165, 1.54) is 0 Å². The molecule has 0 aliphatic carbocycles. The third kappa shape index (κ3) is 2.45. The van der Waals surface area contributed by atoms with Gasteiger partial charge in [0.1, 0.15) is 0 Å². The molecule has 0 saturated carbocycles. The van der Waals surface area contributed by atoms with E-state index in [1.807, 2.05) is 24.4 Å². The standard InChI is InChI=1S/C13H13N3O/c1-9(7-14)8-16-13(17)11-3-2-10-4-5-15-12(10)6-11/h2-6,9,15H,8H2,1H3,(H,16,17). The molecule has 2 aromatic rings. The van der Waals surface area contributed by atoms with Crippen LogP contribution in [0.25, 0.3) is 10.9 Å². The number of fused-ring (bicyclic) bond motifs is 1. The van der Waals surface area contributed by atoms with Crippen LogP contribution >= 0.6 is 0 Å². The van der Waals surface area contributed by atoms with E-state index in [0.717, 1.165) is 10.9 Å². The first-order chi connectivity index (χ1) is 8.20. The van der Waals surface area contributed by atoms with Crippen LogP contribution in [0, 0.1) is 17.2 Å². The Morgan fingerprint density at radius 2 is 2.35 bits per heavy atom. The summed E-state index contributed by atoms with van der Waals surface area (Å²) in [5.41, 5.74) is 1.54. The Kier molecular flexibility index (Phi) is 3.10. The lowest BCUT2D eigenvalue weighted by atomic mass is 10.1. The second-order valence-electron chi connectivity index (χ2n) is 4.02. The van der Waals surface area contributed by atoms with E-state index in [-0.39, 0.29) is 11.8 Å². The Morgan fingerprint density at radius 3 is 3.12 bits per heavy atom. The first-order valence-electron chi connectivity index (χ1n) is 5.45. The molecule has 0 aliphatic rings. The van der Waals surface area contributed by atoms with Crippen LogP contribution in [-0.2, 0) is 0 Å². The summed E-state index contributed by atoms with van der Waals surface area (Å²) in [6.45, 7) is 2.15. The second-order valence-corrected chi connectivity index (χ2v) is 4.02. The van der Waals surface area contributed by atoms with Crippen LogP contribution in [-0.4, -0.2) is 17.4 Å². The van der Waals surface area contributed by atoms with E-state index in [2.05, 4.69) is 16.4 Å². The van der Waals surface area contributed by atoms with E-state index in [4.69, 9.17) is 5.26 Å². The number of hydrogen-bond donors (Lipinski definition) is 2. The molecule has 0 spiro atoms. The van der Waals surface area contributed by atoms with Crippen LogP contribution in [0.1, 0.15) is 17.3 Å². The minimum absolute atomic E-state index is 0.149. The number of amides is 1. The summed E-state index contributed by atoms with van der Waals surface area (Å²) in [5.74, 6) is -0.322. The molecule has 2 rings (SSSR count). The highest BCUT2D eigenvalue weighted by Crippen LogP contribution is 2.13. The van der Waals surface area contributed by atoms with E-state index in [1.54, 1.807) is 13.0 Å². The van der Waals surface area contributed by atoms with Crippen molar-refractivity contribution >= 4 is 16.8 Å². The summed E-state index contributed by atoms with van der Waals surface area (Å²) >= 11 is 0. The van der Waals surface area contributed by atoms with E-state index in [0.29, 0.717) is 12.1 Å². The summed E-state index contributed by atoms with van der Waals surface area (Å²) in [5, 5.41) is 12.4. The lowest BCUT2D eigenvalue weighted by molar-refractivity contribution is 0.0951. The van der Waals surface area contributed by atoms with Gasteiger partial charge in [-0.25, -0.2) is 0 Å². The molecule has 0 fully saturated rings. The SMILES string of the molecule is CC(C#N)CNC(=O)c1ccc2cc[nH]c2c1. The summed E-state index contributed by atoms with van der Waals surface area (Å²) in [4.78, 5) is 14.9. The minimum Gasteiger partial charge on any atom is -0.361 e. The van der Waals surface area contributed by atoms with Gasteiger partial charge in [-0.05, 0) is 30.5 Å². The van der Waals surface area contributed by atoms with Gasteiger partial charge in [0.25, 0.3) is 5.91 Å². The maximum absolute atomic E-state index is 11.8. The van der Waals surface area contributed by atoms with Gasteiger partial charge in [0, 0.05) is 23.8 Å². The quantitative estimate of drug-likeness (QED) is 0.842. The molecular weight excluding hydrogens is 214 g/mol. The van der Waals surface area contributed by atoms with Gasteiger partial charge in [-0.15, -0.1) is 0 Å². The summed E-state index contributed by atoms with van der Waals surface area (Å²) < 4.78 is 0. The average Bonchev–Trinajstić information content (AvgIpc) is 2.82. The zero-order valence-electron chi connectivity index (χ0n) is 9.53. The van der Waals surface area contributed by atoms with Crippen LogP contribution in [0.5, 0.6) is 0 Å². The van der Waals surface area contributed by atoms with Crippen molar-refractivity contribution in [2.24, 2.45) is 5.92 Å². The smallest absolute Gasteiger partial charge is 0.251 e. The van der Waals surface area contributed by atoms with Crippen molar-refractivity contribution in [3.05, 3.63) is 36.0 Å². The van der Waals surface area contributed by atoms with Crippen LogP contribution in [0.2, 0.25) is 0 Å². The molecular formula is C13H13N3O. The molecule has 1 atom stereocenters. The van der Waals surface area contributed by atoms with E-state index in [9.17, 15) is 4.79 Å². The lowest BCUT2D eigenvalue weighted by Gasteiger charge is -2.06. The van der Waals surface area contributed by atoms with E-state index >= 15 is 0 Å². The first-order valence-corrected chi connectivity index (χ1v) is 5.45. The predicted octanol–water partition coefficient (Wildman–Crippen LogP) is 2.06. The number of H-pyrrole nitrogens is 1. The summed E-state index contributed by atoms with van der Waals surface area (Å²) in [7, 11) is 0. The predicted molar refractivity (Wildman–Crippen MR) is 65.4 cm³/mol. The third-order valence-corrected chi connectivity index (χ3v) is 2.61. The zero-order valence-corrected chi connectivity index (χ0v) is 9.53.